The summed E-state index contributed by atoms with van der Waals surface area (Å²) in [4.78, 5) is 0.985. The summed E-state index contributed by atoms with van der Waals surface area (Å²) in [6.45, 7) is 5.09. The lowest BCUT2D eigenvalue weighted by molar-refractivity contribution is -0.0499. The standard InChI is InChI=1S/C27H38O2S/c1-26-16-13-25-23(10-8-20-18-21(28)12-15-27(20,25)2)24(26)11-9-19(26)14-17-30(29)22-6-4-3-5-7-22/h3-8,19,21,23-25,28H,9-18H2,1-2H3/t19-,21?,23+,24+,25+,26-,27+,30?/m1/s1. The van der Waals surface area contributed by atoms with Crippen LogP contribution in [0.25, 0.3) is 0 Å². The molecule has 3 saturated carbocycles. The van der Waals surface area contributed by atoms with E-state index in [1.165, 1.54) is 38.5 Å². The maximum atomic E-state index is 12.8. The molecule has 1 aromatic carbocycles. The molecule has 0 saturated heterocycles. The van der Waals surface area contributed by atoms with Gasteiger partial charge in [-0.15, -0.1) is 0 Å². The van der Waals surface area contributed by atoms with E-state index in [-0.39, 0.29) is 6.10 Å². The molecule has 4 aliphatic carbocycles. The fraction of sp³-hybridized carbons (Fsp3) is 0.704. The average molecular weight is 427 g/mol. The van der Waals surface area contributed by atoms with Crippen molar-refractivity contribution < 1.29 is 9.32 Å². The Balaban J connectivity index is 1.30. The molecule has 3 heteroatoms. The number of hydrogen-bond donors (Lipinski definition) is 1. The van der Waals surface area contributed by atoms with Crippen molar-refractivity contribution in [1.82, 2.24) is 0 Å². The second-order valence-electron chi connectivity index (χ2n) is 11.1. The minimum absolute atomic E-state index is 0.115. The first kappa shape index (κ1) is 20.9. The monoisotopic (exact) mass is 426 g/mol. The number of aliphatic hydroxyl groups excluding tert-OH is 1. The van der Waals surface area contributed by atoms with Gasteiger partial charge in [-0.25, -0.2) is 0 Å². The predicted octanol–water partition coefficient (Wildman–Crippen LogP) is 6.12. The summed E-state index contributed by atoms with van der Waals surface area (Å²) in [6.07, 6.45) is 13.2. The van der Waals surface area contributed by atoms with Crippen LogP contribution < -0.4 is 0 Å². The lowest BCUT2D eigenvalue weighted by Gasteiger charge is -2.58. The number of hydrogen-bond acceptors (Lipinski definition) is 2. The van der Waals surface area contributed by atoms with Gasteiger partial charge in [0.25, 0.3) is 0 Å². The fourth-order valence-corrected chi connectivity index (χ4v) is 9.36. The Bertz CT molecular complexity index is 833. The van der Waals surface area contributed by atoms with Crippen LogP contribution in [0, 0.1) is 34.5 Å². The van der Waals surface area contributed by atoms with Crippen molar-refractivity contribution in [2.75, 3.05) is 5.75 Å². The first-order valence-corrected chi connectivity index (χ1v) is 13.5. The molecule has 0 amide bonds. The maximum absolute atomic E-state index is 12.8. The Morgan fingerprint density at radius 2 is 1.83 bits per heavy atom. The lowest BCUT2D eigenvalue weighted by Crippen LogP contribution is -2.50. The van der Waals surface area contributed by atoms with E-state index < -0.39 is 10.8 Å². The van der Waals surface area contributed by atoms with Crippen LogP contribution in [0.4, 0.5) is 0 Å². The highest BCUT2D eigenvalue weighted by molar-refractivity contribution is 7.85. The second-order valence-corrected chi connectivity index (χ2v) is 12.7. The summed E-state index contributed by atoms with van der Waals surface area (Å²) in [5.41, 5.74) is 2.33. The van der Waals surface area contributed by atoms with Gasteiger partial charge >= 0.3 is 0 Å². The summed E-state index contributed by atoms with van der Waals surface area (Å²) in [7, 11) is -0.867. The van der Waals surface area contributed by atoms with Crippen molar-refractivity contribution in [1.29, 1.82) is 0 Å². The van der Waals surface area contributed by atoms with Gasteiger partial charge in [0.15, 0.2) is 0 Å². The lowest BCUT2D eigenvalue weighted by atomic mass is 9.47. The van der Waals surface area contributed by atoms with Crippen LogP contribution in [0.3, 0.4) is 0 Å². The SMILES string of the molecule is C[C@]12CC[C@H]3[C@@H](CC=C4CC(O)CC[C@@]43C)[C@@H]1CC[C@@H]2CCS(=O)c1ccccc1. The minimum atomic E-state index is -0.867. The van der Waals surface area contributed by atoms with Crippen LogP contribution in [0.2, 0.25) is 0 Å². The molecule has 2 nitrogen and oxygen atoms in total. The van der Waals surface area contributed by atoms with Gasteiger partial charge < -0.3 is 5.11 Å². The van der Waals surface area contributed by atoms with Crippen LogP contribution in [-0.4, -0.2) is 21.2 Å². The normalized spacial score (nSPS) is 43.8. The van der Waals surface area contributed by atoms with E-state index in [4.69, 9.17) is 0 Å². The molecule has 0 bridgehead atoms. The predicted molar refractivity (Wildman–Crippen MR) is 124 cm³/mol. The molecule has 0 radical (unpaired) electrons. The van der Waals surface area contributed by atoms with Crippen LogP contribution in [0.1, 0.15) is 71.6 Å². The average Bonchev–Trinajstić information content (AvgIpc) is 3.09. The first-order valence-electron chi connectivity index (χ1n) is 12.2. The minimum Gasteiger partial charge on any atom is -0.393 e. The number of benzene rings is 1. The Morgan fingerprint density at radius 1 is 1.03 bits per heavy atom. The van der Waals surface area contributed by atoms with Gasteiger partial charge in [0.1, 0.15) is 0 Å². The van der Waals surface area contributed by atoms with Gasteiger partial charge in [0.05, 0.1) is 16.9 Å². The smallest absolute Gasteiger partial charge is 0.0577 e. The zero-order valence-corrected chi connectivity index (χ0v) is 19.5. The molecule has 0 spiro atoms. The third-order valence-electron chi connectivity index (χ3n) is 9.93. The third-order valence-corrected chi connectivity index (χ3v) is 11.3. The van der Waals surface area contributed by atoms with Gasteiger partial charge in [0, 0.05) is 10.6 Å². The zero-order chi connectivity index (χ0) is 20.9. The quantitative estimate of drug-likeness (QED) is 0.589. The first-order chi connectivity index (χ1) is 14.4. The van der Waals surface area contributed by atoms with Gasteiger partial charge in [0.2, 0.25) is 0 Å². The molecule has 3 fully saturated rings. The van der Waals surface area contributed by atoms with Crippen LogP contribution in [-0.2, 0) is 10.8 Å². The van der Waals surface area contributed by atoms with Gasteiger partial charge in [-0.1, -0.05) is 43.7 Å². The molecular formula is C27H38O2S. The summed E-state index contributed by atoms with van der Waals surface area (Å²) >= 11 is 0. The molecule has 0 aliphatic heterocycles. The van der Waals surface area contributed by atoms with E-state index in [0.717, 1.165) is 53.6 Å². The van der Waals surface area contributed by atoms with Crippen molar-refractivity contribution in [3.8, 4) is 0 Å². The number of rotatable bonds is 4. The van der Waals surface area contributed by atoms with Crippen molar-refractivity contribution in [3.63, 3.8) is 0 Å². The van der Waals surface area contributed by atoms with Crippen LogP contribution in [0.5, 0.6) is 0 Å². The van der Waals surface area contributed by atoms with Crippen molar-refractivity contribution in [2.24, 2.45) is 34.5 Å². The summed E-state index contributed by atoms with van der Waals surface area (Å²) < 4.78 is 12.8. The molecule has 1 N–H and O–H groups in total. The number of aliphatic hydroxyl groups is 1. The van der Waals surface area contributed by atoms with Gasteiger partial charge in [-0.05, 0) is 104 Å². The Morgan fingerprint density at radius 3 is 2.63 bits per heavy atom. The molecule has 1 aromatic rings. The molecule has 164 valence electrons. The topological polar surface area (TPSA) is 37.3 Å². The van der Waals surface area contributed by atoms with Crippen LogP contribution in [0.15, 0.2) is 46.9 Å². The number of fused-ring (bicyclic) bond motifs is 5. The molecule has 30 heavy (non-hydrogen) atoms. The zero-order valence-electron chi connectivity index (χ0n) is 18.7. The molecule has 0 heterocycles. The largest absolute Gasteiger partial charge is 0.393 e. The van der Waals surface area contributed by atoms with E-state index in [9.17, 15) is 9.32 Å². The van der Waals surface area contributed by atoms with E-state index in [0.29, 0.717) is 10.8 Å². The van der Waals surface area contributed by atoms with Crippen molar-refractivity contribution in [2.45, 2.75) is 82.6 Å². The number of allylic oxidation sites excluding steroid dienone is 1. The van der Waals surface area contributed by atoms with Gasteiger partial charge in [-0.2, -0.15) is 0 Å². The fourth-order valence-electron chi connectivity index (χ4n) is 8.16. The second kappa shape index (κ2) is 7.89. The van der Waals surface area contributed by atoms with Gasteiger partial charge in [-0.3, -0.25) is 4.21 Å². The summed E-state index contributed by atoms with van der Waals surface area (Å²) in [6, 6.07) is 10.0. The molecule has 4 aliphatic rings. The van der Waals surface area contributed by atoms with E-state index in [1.54, 1.807) is 5.57 Å². The molecule has 5 rings (SSSR count). The van der Waals surface area contributed by atoms with E-state index in [1.807, 2.05) is 30.3 Å². The Labute approximate surface area is 185 Å². The van der Waals surface area contributed by atoms with Crippen molar-refractivity contribution >= 4 is 10.8 Å². The Kier molecular flexibility index (Phi) is 5.51. The highest BCUT2D eigenvalue weighted by atomic mass is 32.2. The highest BCUT2D eigenvalue weighted by Gasteiger charge is 2.58. The third kappa shape index (κ3) is 3.35. The van der Waals surface area contributed by atoms with Crippen molar-refractivity contribution in [3.05, 3.63) is 42.0 Å². The molecule has 2 unspecified atom stereocenters. The highest BCUT2D eigenvalue weighted by Crippen LogP contribution is 2.66. The summed E-state index contributed by atoms with van der Waals surface area (Å²) in [5, 5.41) is 10.2. The van der Waals surface area contributed by atoms with Crippen LogP contribution >= 0.6 is 0 Å². The Hall–Kier alpha value is -0.930. The van der Waals surface area contributed by atoms with E-state index in [2.05, 4.69) is 19.9 Å². The molecule has 0 aromatic heterocycles. The maximum Gasteiger partial charge on any atom is 0.0577 e. The van der Waals surface area contributed by atoms with E-state index >= 15 is 0 Å². The summed E-state index contributed by atoms with van der Waals surface area (Å²) in [5.74, 6) is 3.98. The molecule has 8 atom stereocenters. The molecular weight excluding hydrogens is 388 g/mol.